The van der Waals surface area contributed by atoms with E-state index in [9.17, 15) is 0 Å². The fraction of sp³-hybridized carbons (Fsp3) is 0.450. The van der Waals surface area contributed by atoms with E-state index in [4.69, 9.17) is 9.47 Å². The van der Waals surface area contributed by atoms with Crippen LogP contribution in [0.2, 0.25) is 0 Å². The van der Waals surface area contributed by atoms with Crippen molar-refractivity contribution < 1.29 is 9.47 Å². The van der Waals surface area contributed by atoms with Crippen molar-refractivity contribution in [2.75, 3.05) is 27.4 Å². The van der Waals surface area contributed by atoms with Crippen LogP contribution in [0.4, 0.5) is 0 Å². The number of aliphatic imine (C=N–C) groups is 1. The molecular weight excluding hydrogens is 473 g/mol. The maximum atomic E-state index is 5.85. The van der Waals surface area contributed by atoms with Crippen LogP contribution in [0.3, 0.4) is 0 Å². The van der Waals surface area contributed by atoms with Crippen molar-refractivity contribution in [2.45, 2.75) is 33.4 Å². The van der Waals surface area contributed by atoms with E-state index < -0.39 is 0 Å². The van der Waals surface area contributed by atoms with Gasteiger partial charge in [0.05, 0.1) is 13.2 Å². The molecule has 27 heavy (non-hydrogen) atoms. The number of benzene rings is 1. The fourth-order valence-corrected chi connectivity index (χ4v) is 3.35. The summed E-state index contributed by atoms with van der Waals surface area (Å²) in [6, 6.07) is 10.6. The molecule has 0 saturated carbocycles. The molecule has 0 aliphatic carbocycles. The summed E-state index contributed by atoms with van der Waals surface area (Å²) in [5, 5.41) is 6.72. The molecule has 7 heteroatoms. The van der Waals surface area contributed by atoms with E-state index in [1.807, 2.05) is 11.3 Å². The van der Waals surface area contributed by atoms with Crippen molar-refractivity contribution in [3.63, 3.8) is 0 Å². The molecule has 0 radical (unpaired) electrons. The van der Waals surface area contributed by atoms with Gasteiger partial charge in [-0.2, -0.15) is 0 Å². The smallest absolute Gasteiger partial charge is 0.191 e. The highest BCUT2D eigenvalue weighted by Crippen LogP contribution is 2.20. The number of methoxy groups -OCH3 is 1. The Kier molecular flexibility index (Phi) is 11.4. The van der Waals surface area contributed by atoms with Gasteiger partial charge in [0, 0.05) is 36.0 Å². The molecule has 150 valence electrons. The van der Waals surface area contributed by atoms with E-state index in [-0.39, 0.29) is 24.0 Å². The first-order valence-corrected chi connectivity index (χ1v) is 9.71. The predicted molar refractivity (Wildman–Crippen MR) is 125 cm³/mol. The number of thiophene rings is 1. The normalized spacial score (nSPS) is 11.0. The summed E-state index contributed by atoms with van der Waals surface area (Å²) < 4.78 is 10.9. The number of nitrogens with one attached hydrogen (secondary N) is 2. The SMILES string of the molecule is CCc1ccc(CNC(=NC)NCc2ccc(C)cc2OCCOC)s1.I. The van der Waals surface area contributed by atoms with Crippen molar-refractivity contribution in [1.82, 2.24) is 10.6 Å². The van der Waals surface area contributed by atoms with Gasteiger partial charge in [0.25, 0.3) is 0 Å². The second kappa shape index (κ2) is 13.0. The largest absolute Gasteiger partial charge is 0.491 e. The topological polar surface area (TPSA) is 54.9 Å². The van der Waals surface area contributed by atoms with Crippen LogP contribution in [0.1, 0.15) is 27.8 Å². The summed E-state index contributed by atoms with van der Waals surface area (Å²) in [5.41, 5.74) is 2.27. The third kappa shape index (κ3) is 8.06. The Morgan fingerprint density at radius 2 is 1.81 bits per heavy atom. The van der Waals surface area contributed by atoms with Crippen LogP contribution >= 0.6 is 35.3 Å². The molecule has 2 rings (SSSR count). The molecule has 5 nitrogen and oxygen atoms in total. The van der Waals surface area contributed by atoms with Gasteiger partial charge < -0.3 is 20.1 Å². The highest BCUT2D eigenvalue weighted by molar-refractivity contribution is 14.0. The summed E-state index contributed by atoms with van der Waals surface area (Å²) in [6.45, 7) is 6.77. The summed E-state index contributed by atoms with van der Waals surface area (Å²) in [5.74, 6) is 1.66. The highest BCUT2D eigenvalue weighted by atomic mass is 127. The Labute approximate surface area is 183 Å². The molecule has 0 aliphatic heterocycles. The van der Waals surface area contributed by atoms with Crippen LogP contribution in [0.25, 0.3) is 0 Å². The fourth-order valence-electron chi connectivity index (χ4n) is 2.45. The van der Waals surface area contributed by atoms with Crippen LogP contribution in [-0.2, 0) is 24.2 Å². The molecule has 0 saturated heterocycles. The van der Waals surface area contributed by atoms with Crippen molar-refractivity contribution in [3.05, 3.63) is 51.2 Å². The van der Waals surface area contributed by atoms with E-state index in [1.165, 1.54) is 15.3 Å². The minimum atomic E-state index is 0. The lowest BCUT2D eigenvalue weighted by atomic mass is 10.1. The quantitative estimate of drug-likeness (QED) is 0.234. The zero-order valence-corrected chi connectivity index (χ0v) is 19.6. The number of hydrogen-bond acceptors (Lipinski definition) is 4. The minimum Gasteiger partial charge on any atom is -0.491 e. The number of nitrogens with zero attached hydrogens (tertiary/aromatic N) is 1. The number of hydrogen-bond donors (Lipinski definition) is 2. The van der Waals surface area contributed by atoms with Crippen molar-refractivity contribution in [2.24, 2.45) is 4.99 Å². The van der Waals surface area contributed by atoms with Gasteiger partial charge in [0.1, 0.15) is 12.4 Å². The number of halogens is 1. The van der Waals surface area contributed by atoms with Crippen molar-refractivity contribution >= 4 is 41.3 Å². The third-order valence-electron chi connectivity index (χ3n) is 3.93. The summed E-state index contributed by atoms with van der Waals surface area (Å²) in [7, 11) is 3.46. The van der Waals surface area contributed by atoms with Gasteiger partial charge in [-0.15, -0.1) is 35.3 Å². The van der Waals surface area contributed by atoms with E-state index in [1.54, 1.807) is 14.2 Å². The van der Waals surface area contributed by atoms with Gasteiger partial charge >= 0.3 is 0 Å². The molecule has 1 aromatic carbocycles. The van der Waals surface area contributed by atoms with Gasteiger partial charge in [0.2, 0.25) is 0 Å². The van der Waals surface area contributed by atoms with Crippen LogP contribution in [0.15, 0.2) is 35.3 Å². The Hall–Kier alpha value is -1.32. The maximum Gasteiger partial charge on any atom is 0.191 e. The summed E-state index contributed by atoms with van der Waals surface area (Å²) in [4.78, 5) is 7.02. The average Bonchev–Trinajstić information content (AvgIpc) is 3.11. The van der Waals surface area contributed by atoms with Gasteiger partial charge in [-0.25, -0.2) is 0 Å². The molecule has 0 amide bonds. The molecule has 0 unspecified atom stereocenters. The first-order chi connectivity index (χ1) is 12.7. The summed E-state index contributed by atoms with van der Waals surface area (Å²) in [6.07, 6.45) is 1.08. The highest BCUT2D eigenvalue weighted by Gasteiger charge is 2.07. The molecule has 2 N–H and O–H groups in total. The lowest BCUT2D eigenvalue weighted by Gasteiger charge is -2.15. The van der Waals surface area contributed by atoms with E-state index in [0.717, 1.165) is 30.2 Å². The molecule has 0 fully saturated rings. The van der Waals surface area contributed by atoms with Crippen LogP contribution in [0.5, 0.6) is 5.75 Å². The lowest BCUT2D eigenvalue weighted by molar-refractivity contribution is 0.145. The lowest BCUT2D eigenvalue weighted by Crippen LogP contribution is -2.36. The number of rotatable bonds is 9. The number of ether oxygens (including phenoxy) is 2. The Morgan fingerprint density at radius 1 is 1.07 bits per heavy atom. The van der Waals surface area contributed by atoms with Crippen molar-refractivity contribution in [3.8, 4) is 5.75 Å². The maximum absolute atomic E-state index is 5.85. The monoisotopic (exact) mass is 503 g/mol. The van der Waals surface area contributed by atoms with Gasteiger partial charge in [0.15, 0.2) is 5.96 Å². The standard InChI is InChI=1S/C20H29N3O2S.HI/c1-5-17-8-9-18(26-17)14-23-20(21-3)22-13-16-7-6-15(2)12-19(16)25-11-10-24-4;/h6-9,12H,5,10-11,13-14H2,1-4H3,(H2,21,22,23);1H. The number of guanidine groups is 1. The average molecular weight is 503 g/mol. The Bertz CT molecular complexity index is 719. The molecule has 1 heterocycles. The molecule has 2 aromatic rings. The van der Waals surface area contributed by atoms with E-state index >= 15 is 0 Å². The second-order valence-electron chi connectivity index (χ2n) is 5.95. The van der Waals surface area contributed by atoms with Gasteiger partial charge in [-0.1, -0.05) is 19.1 Å². The van der Waals surface area contributed by atoms with Gasteiger partial charge in [-0.3, -0.25) is 4.99 Å². The minimum absolute atomic E-state index is 0. The number of aryl methyl sites for hydroxylation is 2. The van der Waals surface area contributed by atoms with Crippen LogP contribution in [0, 0.1) is 6.92 Å². The Balaban J connectivity index is 0.00000364. The van der Waals surface area contributed by atoms with Crippen LogP contribution < -0.4 is 15.4 Å². The molecule has 0 spiro atoms. The summed E-state index contributed by atoms with van der Waals surface area (Å²) >= 11 is 1.84. The third-order valence-corrected chi connectivity index (χ3v) is 5.16. The molecule has 1 aromatic heterocycles. The van der Waals surface area contributed by atoms with E-state index in [0.29, 0.717) is 19.8 Å². The second-order valence-corrected chi connectivity index (χ2v) is 7.21. The molecule has 0 aliphatic rings. The van der Waals surface area contributed by atoms with Gasteiger partial charge in [-0.05, 0) is 37.1 Å². The predicted octanol–water partition coefficient (Wildman–Crippen LogP) is 4.13. The molecule has 0 atom stereocenters. The molecular formula is C20H30IN3O2S. The first-order valence-electron chi connectivity index (χ1n) is 8.89. The molecule has 0 bridgehead atoms. The van der Waals surface area contributed by atoms with E-state index in [2.05, 4.69) is 59.8 Å². The Morgan fingerprint density at radius 3 is 2.48 bits per heavy atom. The first kappa shape index (κ1) is 23.7. The zero-order chi connectivity index (χ0) is 18.8. The zero-order valence-electron chi connectivity index (χ0n) is 16.5. The van der Waals surface area contributed by atoms with Crippen molar-refractivity contribution in [1.29, 1.82) is 0 Å². The van der Waals surface area contributed by atoms with Crippen LogP contribution in [-0.4, -0.2) is 33.3 Å².